The Morgan fingerprint density at radius 1 is 0.348 bits per heavy atom. The van der Waals surface area contributed by atoms with E-state index >= 15 is 0 Å². The Balaban J connectivity index is 1.15. The fraction of sp³-hybridized carbons (Fsp3) is 0.125. The van der Waals surface area contributed by atoms with Crippen LogP contribution in [0.1, 0.15) is 61.1 Å². The molecule has 2 nitrogen and oxygen atoms in total. The number of hydrogen-bond donors (Lipinski definition) is 0. The first-order valence-corrected chi connectivity index (χ1v) is 23.3. The first-order chi connectivity index (χ1) is 32.1. The maximum atomic E-state index is 2.56. The highest BCUT2D eigenvalue weighted by atomic mass is 15.2. The fourth-order valence-corrected chi connectivity index (χ4v) is 11.3. The monoisotopic (exact) mass is 848 g/mol. The minimum atomic E-state index is -0.218. The van der Waals surface area contributed by atoms with E-state index in [-0.39, 0.29) is 10.8 Å². The number of rotatable bonds is 6. The van der Waals surface area contributed by atoms with Crippen molar-refractivity contribution >= 4 is 55.7 Å². The van der Waals surface area contributed by atoms with Gasteiger partial charge in [-0.3, -0.25) is 0 Å². The predicted molar refractivity (Wildman–Crippen MR) is 281 cm³/mol. The lowest BCUT2D eigenvalue weighted by Gasteiger charge is -2.43. The minimum Gasteiger partial charge on any atom is -0.310 e. The fourth-order valence-electron chi connectivity index (χ4n) is 11.3. The highest BCUT2D eigenvalue weighted by molar-refractivity contribution is 6.22. The van der Waals surface area contributed by atoms with Crippen LogP contribution in [0.2, 0.25) is 0 Å². The van der Waals surface area contributed by atoms with E-state index in [1.54, 1.807) is 0 Å². The van der Waals surface area contributed by atoms with E-state index in [2.05, 4.69) is 258 Å². The molecule has 0 saturated heterocycles. The molecule has 2 heteroatoms. The molecular formula is C64H52N2. The molecule has 318 valence electrons. The molecule has 0 aromatic heterocycles. The van der Waals surface area contributed by atoms with Crippen LogP contribution >= 0.6 is 0 Å². The van der Waals surface area contributed by atoms with Gasteiger partial charge in [0.1, 0.15) is 0 Å². The zero-order valence-corrected chi connectivity index (χ0v) is 38.5. The maximum absolute atomic E-state index is 2.56. The number of nitrogens with zero attached hydrogens (tertiary/aromatic N) is 2. The molecule has 0 bridgehead atoms. The van der Waals surface area contributed by atoms with Gasteiger partial charge in [-0.25, -0.2) is 0 Å². The van der Waals surface area contributed by atoms with Gasteiger partial charge in [-0.2, -0.15) is 0 Å². The minimum absolute atomic E-state index is 0.131. The van der Waals surface area contributed by atoms with Gasteiger partial charge in [0.2, 0.25) is 0 Å². The van der Waals surface area contributed by atoms with E-state index in [4.69, 9.17) is 0 Å². The zero-order chi connectivity index (χ0) is 44.9. The molecular weight excluding hydrogens is 797 g/mol. The van der Waals surface area contributed by atoms with Crippen LogP contribution < -0.4 is 9.80 Å². The predicted octanol–water partition coefficient (Wildman–Crippen LogP) is 17.8. The van der Waals surface area contributed by atoms with Crippen molar-refractivity contribution in [1.82, 2.24) is 0 Å². The van der Waals surface area contributed by atoms with E-state index in [1.165, 1.54) is 99.7 Å². The highest BCUT2D eigenvalue weighted by Gasteiger charge is 2.42. The van der Waals surface area contributed by atoms with Crippen LogP contribution in [0.5, 0.6) is 0 Å². The Morgan fingerprint density at radius 2 is 0.848 bits per heavy atom. The van der Waals surface area contributed by atoms with Crippen molar-refractivity contribution < 1.29 is 0 Å². The first-order valence-electron chi connectivity index (χ1n) is 23.3. The quantitative estimate of drug-likeness (QED) is 0.154. The molecule has 1 heterocycles. The smallest absolute Gasteiger partial charge is 0.0506 e. The van der Waals surface area contributed by atoms with Gasteiger partial charge < -0.3 is 9.80 Å². The van der Waals surface area contributed by atoms with Gasteiger partial charge in [0.05, 0.1) is 11.4 Å². The van der Waals surface area contributed by atoms with Gasteiger partial charge in [-0.1, -0.05) is 178 Å². The van der Waals surface area contributed by atoms with Gasteiger partial charge in [-0.15, -0.1) is 0 Å². The van der Waals surface area contributed by atoms with Crippen molar-refractivity contribution in [3.8, 4) is 33.4 Å². The van der Waals surface area contributed by atoms with Crippen LogP contribution in [0.3, 0.4) is 0 Å². The van der Waals surface area contributed by atoms with Crippen LogP contribution in [0.4, 0.5) is 34.1 Å². The van der Waals surface area contributed by atoms with Gasteiger partial charge in [-0.05, 0) is 158 Å². The normalized spacial score (nSPS) is 14.1. The summed E-state index contributed by atoms with van der Waals surface area (Å²) in [5.41, 5.74) is 22.2. The number of hydrogen-bond acceptors (Lipinski definition) is 2. The third-order valence-electron chi connectivity index (χ3n) is 14.7. The van der Waals surface area contributed by atoms with Crippen molar-refractivity contribution in [2.24, 2.45) is 0 Å². The van der Waals surface area contributed by atoms with Gasteiger partial charge in [0.15, 0.2) is 0 Å². The highest BCUT2D eigenvalue weighted by Crippen LogP contribution is 2.58. The largest absolute Gasteiger partial charge is 0.310 e. The molecule has 0 unspecified atom stereocenters. The third-order valence-corrected chi connectivity index (χ3v) is 14.7. The molecule has 12 rings (SSSR count). The Kier molecular flexibility index (Phi) is 9.03. The molecule has 1 aliphatic heterocycles. The summed E-state index contributed by atoms with van der Waals surface area (Å²) >= 11 is 0. The van der Waals surface area contributed by atoms with E-state index in [1.807, 2.05) is 0 Å². The van der Waals surface area contributed by atoms with Crippen molar-refractivity contribution in [3.05, 3.63) is 240 Å². The second kappa shape index (κ2) is 14.9. The number of aryl methyl sites for hydroxylation is 2. The summed E-state index contributed by atoms with van der Waals surface area (Å²) in [4.78, 5) is 4.95. The van der Waals surface area contributed by atoms with E-state index in [0.29, 0.717) is 0 Å². The summed E-state index contributed by atoms with van der Waals surface area (Å²) in [6, 6.07) is 77.3. The van der Waals surface area contributed by atoms with E-state index in [9.17, 15) is 0 Å². The Morgan fingerprint density at radius 3 is 1.47 bits per heavy atom. The lowest BCUT2D eigenvalue weighted by molar-refractivity contribution is 0.627. The van der Waals surface area contributed by atoms with Crippen molar-refractivity contribution in [3.63, 3.8) is 0 Å². The first kappa shape index (κ1) is 39.9. The Bertz CT molecular complexity index is 3480. The summed E-state index contributed by atoms with van der Waals surface area (Å²) < 4.78 is 0. The van der Waals surface area contributed by atoms with Gasteiger partial charge in [0, 0.05) is 33.6 Å². The number of para-hydroxylation sites is 1. The second-order valence-electron chi connectivity index (χ2n) is 19.5. The molecule has 10 aromatic rings. The van der Waals surface area contributed by atoms with Crippen molar-refractivity contribution in [1.29, 1.82) is 0 Å². The van der Waals surface area contributed by atoms with Crippen LogP contribution in [0.25, 0.3) is 54.9 Å². The summed E-state index contributed by atoms with van der Waals surface area (Å²) in [5.74, 6) is 0. The molecule has 2 aliphatic rings. The average molecular weight is 849 g/mol. The molecule has 0 N–H and O–H groups in total. The SMILES string of the molecule is Cc1ccc(N(c2ccc(C)cc2)c2ccc3c(-c4ccccc4)c4cc(N5c6ccccc6C(C)(C)c6cc7c(cc65)C(C)(C)c5ccccc5-7)ccc4c(-c4ccccc4)c3c2)cc1. The summed E-state index contributed by atoms with van der Waals surface area (Å²) in [5, 5.41) is 4.89. The molecule has 0 spiro atoms. The molecule has 0 atom stereocenters. The summed E-state index contributed by atoms with van der Waals surface area (Å²) in [7, 11) is 0. The topological polar surface area (TPSA) is 6.48 Å². The van der Waals surface area contributed by atoms with Crippen molar-refractivity contribution in [2.75, 3.05) is 9.80 Å². The molecule has 0 saturated carbocycles. The van der Waals surface area contributed by atoms with Crippen LogP contribution in [0.15, 0.2) is 206 Å². The molecule has 0 amide bonds. The van der Waals surface area contributed by atoms with E-state index < -0.39 is 0 Å². The average Bonchev–Trinajstić information content (AvgIpc) is 3.57. The van der Waals surface area contributed by atoms with Crippen LogP contribution in [-0.4, -0.2) is 0 Å². The standard InChI is InChI=1S/C64H52N2/c1-41-25-29-45(30-26-41)65(46-31-27-42(2)28-32-46)47-33-35-50-53(37-47)61(43-17-9-7-10-18-43)51-36-34-48(38-54(51)62(50)44-19-11-8-12-20-44)66-59-24-16-15-23-56(59)64(5,6)58-39-52-49-21-13-14-22-55(49)63(3,4)57(52)40-60(58)66/h7-40H,1-6H3. The molecule has 10 aromatic carbocycles. The lowest BCUT2D eigenvalue weighted by Crippen LogP contribution is -2.31. The van der Waals surface area contributed by atoms with Gasteiger partial charge >= 0.3 is 0 Å². The van der Waals surface area contributed by atoms with Crippen LogP contribution in [-0.2, 0) is 10.8 Å². The molecule has 0 radical (unpaired) electrons. The van der Waals surface area contributed by atoms with Gasteiger partial charge in [0.25, 0.3) is 0 Å². The van der Waals surface area contributed by atoms with Crippen LogP contribution in [0, 0.1) is 13.8 Å². The Hall–Kier alpha value is -7.68. The number of fused-ring (bicyclic) bond motifs is 7. The van der Waals surface area contributed by atoms with E-state index in [0.717, 1.165) is 22.7 Å². The maximum Gasteiger partial charge on any atom is 0.0506 e. The second-order valence-corrected chi connectivity index (χ2v) is 19.5. The number of benzene rings is 10. The number of anilines is 6. The zero-order valence-electron chi connectivity index (χ0n) is 38.5. The molecule has 1 aliphatic carbocycles. The summed E-state index contributed by atoms with van der Waals surface area (Å²) in [6.07, 6.45) is 0. The van der Waals surface area contributed by atoms with Crippen molar-refractivity contribution in [2.45, 2.75) is 52.4 Å². The lowest BCUT2D eigenvalue weighted by atomic mass is 9.71. The third kappa shape index (κ3) is 6.08. The Labute approximate surface area is 389 Å². The molecule has 0 fully saturated rings. The summed E-state index contributed by atoms with van der Waals surface area (Å²) in [6.45, 7) is 13.9. The molecule has 66 heavy (non-hydrogen) atoms.